The molecule has 0 aromatic carbocycles. The number of hydrogen-bond donors (Lipinski definition) is 1. The van der Waals surface area contributed by atoms with Crippen molar-refractivity contribution in [1.29, 1.82) is 0 Å². The third-order valence-corrected chi connectivity index (χ3v) is 4.52. The molecule has 0 aliphatic heterocycles. The van der Waals surface area contributed by atoms with Gasteiger partial charge in [0.2, 0.25) is 0 Å². The van der Waals surface area contributed by atoms with Gasteiger partial charge in [0.1, 0.15) is 9.88 Å². The van der Waals surface area contributed by atoms with E-state index in [-0.39, 0.29) is 21.1 Å². The first kappa shape index (κ1) is 17.7. The number of nitrogens with one attached hydrogen (secondary N) is 1. The molecular formula is C15H17N3O5S. The van der Waals surface area contributed by atoms with Crippen LogP contribution in [0.3, 0.4) is 0 Å². The third-order valence-electron chi connectivity index (χ3n) is 3.33. The number of anilines is 1. The van der Waals surface area contributed by atoms with Crippen LogP contribution >= 0.6 is 11.3 Å². The summed E-state index contributed by atoms with van der Waals surface area (Å²) in [6.45, 7) is 4.12. The molecule has 1 N–H and O–H groups in total. The Balaban J connectivity index is 2.39. The van der Waals surface area contributed by atoms with Gasteiger partial charge in [-0.3, -0.25) is 9.48 Å². The highest BCUT2D eigenvalue weighted by molar-refractivity contribution is 7.18. The number of thiophene rings is 1. The SMILES string of the molecule is CCn1ccc(C(=O)Nc2sc(C(=O)OC)c(C)c2C(=O)OC)n1. The quantitative estimate of drug-likeness (QED) is 0.828. The van der Waals surface area contributed by atoms with Gasteiger partial charge in [-0.2, -0.15) is 5.10 Å². The van der Waals surface area contributed by atoms with Crippen LogP contribution in [-0.4, -0.2) is 41.8 Å². The Labute approximate surface area is 142 Å². The van der Waals surface area contributed by atoms with Crippen LogP contribution in [0.25, 0.3) is 0 Å². The normalized spacial score (nSPS) is 10.3. The fraction of sp³-hybridized carbons (Fsp3) is 0.333. The lowest BCUT2D eigenvalue weighted by atomic mass is 10.1. The molecule has 2 aromatic heterocycles. The molecule has 2 heterocycles. The summed E-state index contributed by atoms with van der Waals surface area (Å²) in [5.41, 5.74) is 0.734. The van der Waals surface area contributed by atoms with E-state index in [0.29, 0.717) is 12.1 Å². The van der Waals surface area contributed by atoms with Gasteiger partial charge in [-0.1, -0.05) is 0 Å². The molecule has 0 aliphatic carbocycles. The van der Waals surface area contributed by atoms with Gasteiger partial charge in [0, 0.05) is 12.7 Å². The Hall–Kier alpha value is -2.68. The summed E-state index contributed by atoms with van der Waals surface area (Å²) in [5, 5.41) is 6.93. The Morgan fingerprint density at radius 2 is 1.92 bits per heavy atom. The van der Waals surface area contributed by atoms with E-state index in [1.807, 2.05) is 6.92 Å². The number of esters is 2. The summed E-state index contributed by atoms with van der Waals surface area (Å²) in [6, 6.07) is 1.57. The summed E-state index contributed by atoms with van der Waals surface area (Å²) in [6.07, 6.45) is 1.68. The summed E-state index contributed by atoms with van der Waals surface area (Å²) in [7, 11) is 2.47. The number of hydrogen-bond acceptors (Lipinski definition) is 7. The number of methoxy groups -OCH3 is 2. The van der Waals surface area contributed by atoms with Gasteiger partial charge in [0.05, 0.1) is 19.8 Å². The van der Waals surface area contributed by atoms with Gasteiger partial charge in [-0.15, -0.1) is 11.3 Å². The monoisotopic (exact) mass is 351 g/mol. The number of rotatable bonds is 5. The Bertz CT molecular complexity index is 793. The van der Waals surface area contributed by atoms with Gasteiger partial charge in [-0.25, -0.2) is 9.59 Å². The molecule has 2 rings (SSSR count). The molecule has 0 spiro atoms. The van der Waals surface area contributed by atoms with Crippen molar-refractivity contribution in [1.82, 2.24) is 9.78 Å². The molecule has 128 valence electrons. The Morgan fingerprint density at radius 1 is 1.25 bits per heavy atom. The maximum Gasteiger partial charge on any atom is 0.348 e. The van der Waals surface area contributed by atoms with Crippen molar-refractivity contribution in [2.24, 2.45) is 0 Å². The standard InChI is InChI=1S/C15H17N3O5S/c1-5-18-7-6-9(17-18)12(19)16-13-10(14(20)22-3)8(2)11(24-13)15(21)23-4/h6-7H,5H2,1-4H3,(H,16,19). The third kappa shape index (κ3) is 3.30. The van der Waals surface area contributed by atoms with Gasteiger partial charge in [0.15, 0.2) is 5.69 Å². The fourth-order valence-corrected chi connectivity index (χ4v) is 3.17. The number of ether oxygens (including phenoxy) is 2. The molecule has 0 fully saturated rings. The number of aryl methyl sites for hydroxylation is 1. The van der Waals surface area contributed by atoms with Crippen LogP contribution in [0.15, 0.2) is 12.3 Å². The average Bonchev–Trinajstić information content (AvgIpc) is 3.18. The highest BCUT2D eigenvalue weighted by Gasteiger charge is 2.27. The first-order valence-electron chi connectivity index (χ1n) is 7.07. The zero-order chi connectivity index (χ0) is 17.9. The second-order valence-corrected chi connectivity index (χ2v) is 5.77. The second-order valence-electron chi connectivity index (χ2n) is 4.75. The molecule has 0 saturated heterocycles. The molecule has 0 aliphatic rings. The van der Waals surface area contributed by atoms with Crippen LogP contribution in [-0.2, 0) is 16.0 Å². The van der Waals surface area contributed by atoms with Crippen LogP contribution in [0.5, 0.6) is 0 Å². The summed E-state index contributed by atoms with van der Waals surface area (Å²) in [5.74, 6) is -1.71. The Morgan fingerprint density at radius 3 is 2.46 bits per heavy atom. The van der Waals surface area contributed by atoms with Crippen molar-refractivity contribution in [2.45, 2.75) is 20.4 Å². The number of carbonyl (C=O) groups is 3. The van der Waals surface area contributed by atoms with E-state index in [2.05, 4.69) is 10.4 Å². The maximum atomic E-state index is 12.3. The highest BCUT2D eigenvalue weighted by atomic mass is 32.1. The molecule has 24 heavy (non-hydrogen) atoms. The van der Waals surface area contributed by atoms with E-state index >= 15 is 0 Å². The summed E-state index contributed by atoms with van der Waals surface area (Å²) >= 11 is 0.956. The first-order valence-corrected chi connectivity index (χ1v) is 7.89. The summed E-state index contributed by atoms with van der Waals surface area (Å²) < 4.78 is 11.0. The van der Waals surface area contributed by atoms with E-state index in [1.54, 1.807) is 23.9 Å². The van der Waals surface area contributed by atoms with Crippen molar-refractivity contribution in [3.63, 3.8) is 0 Å². The zero-order valence-corrected chi connectivity index (χ0v) is 14.5. The van der Waals surface area contributed by atoms with Crippen LogP contribution < -0.4 is 5.32 Å². The lowest BCUT2D eigenvalue weighted by Gasteiger charge is -2.04. The minimum Gasteiger partial charge on any atom is -0.465 e. The molecule has 0 bridgehead atoms. The van der Waals surface area contributed by atoms with Gasteiger partial charge >= 0.3 is 11.9 Å². The number of aromatic nitrogens is 2. The number of nitrogens with zero attached hydrogens (tertiary/aromatic N) is 2. The van der Waals surface area contributed by atoms with Crippen LogP contribution in [0.2, 0.25) is 0 Å². The van der Waals surface area contributed by atoms with Crippen molar-refractivity contribution in [3.8, 4) is 0 Å². The molecule has 2 aromatic rings. The van der Waals surface area contributed by atoms with Crippen molar-refractivity contribution in [2.75, 3.05) is 19.5 Å². The predicted octanol–water partition coefficient (Wildman–Crippen LogP) is 2.10. The van der Waals surface area contributed by atoms with E-state index < -0.39 is 17.8 Å². The molecular weight excluding hydrogens is 334 g/mol. The fourth-order valence-electron chi connectivity index (χ4n) is 2.06. The molecule has 9 heteroatoms. The molecule has 0 saturated carbocycles. The topological polar surface area (TPSA) is 99.5 Å². The Kier molecular flexibility index (Phi) is 5.35. The first-order chi connectivity index (χ1) is 11.4. The average molecular weight is 351 g/mol. The van der Waals surface area contributed by atoms with Crippen molar-refractivity contribution in [3.05, 3.63) is 34.0 Å². The van der Waals surface area contributed by atoms with E-state index in [1.165, 1.54) is 14.2 Å². The smallest absolute Gasteiger partial charge is 0.348 e. The van der Waals surface area contributed by atoms with Gasteiger partial charge < -0.3 is 14.8 Å². The zero-order valence-electron chi connectivity index (χ0n) is 13.7. The largest absolute Gasteiger partial charge is 0.465 e. The maximum absolute atomic E-state index is 12.3. The molecule has 0 unspecified atom stereocenters. The molecule has 0 atom stereocenters. The minimum atomic E-state index is -0.645. The lowest BCUT2D eigenvalue weighted by Crippen LogP contribution is -2.15. The second kappa shape index (κ2) is 7.26. The van der Waals surface area contributed by atoms with E-state index in [9.17, 15) is 14.4 Å². The van der Waals surface area contributed by atoms with E-state index in [4.69, 9.17) is 9.47 Å². The van der Waals surface area contributed by atoms with Gasteiger partial charge in [0.25, 0.3) is 5.91 Å². The van der Waals surface area contributed by atoms with Crippen LogP contribution in [0.4, 0.5) is 5.00 Å². The minimum absolute atomic E-state index is 0.131. The van der Waals surface area contributed by atoms with Crippen LogP contribution in [0, 0.1) is 6.92 Å². The van der Waals surface area contributed by atoms with Gasteiger partial charge in [-0.05, 0) is 25.5 Å². The van der Waals surface area contributed by atoms with E-state index in [0.717, 1.165) is 11.3 Å². The highest BCUT2D eigenvalue weighted by Crippen LogP contribution is 2.34. The number of carbonyl (C=O) groups excluding carboxylic acids is 3. The van der Waals surface area contributed by atoms with Crippen LogP contribution in [0.1, 0.15) is 43.0 Å². The summed E-state index contributed by atoms with van der Waals surface area (Å²) in [4.78, 5) is 36.4. The van der Waals surface area contributed by atoms with Crippen molar-refractivity contribution < 1.29 is 23.9 Å². The molecule has 0 radical (unpaired) electrons. The lowest BCUT2D eigenvalue weighted by molar-refractivity contribution is 0.0601. The molecule has 8 nitrogen and oxygen atoms in total. The number of amides is 1. The predicted molar refractivity (Wildman–Crippen MR) is 87.6 cm³/mol. The molecule has 1 amide bonds. The van der Waals surface area contributed by atoms with Crippen molar-refractivity contribution >= 4 is 34.2 Å².